The van der Waals surface area contributed by atoms with Gasteiger partial charge in [0, 0.05) is 6.20 Å². The molecule has 0 spiro atoms. The zero-order valence-electron chi connectivity index (χ0n) is 8.45. The maximum Gasteiger partial charge on any atom is 0.215 e. The Morgan fingerprint density at radius 1 is 1.24 bits per heavy atom. The normalized spacial score (nSPS) is 10.3. The van der Waals surface area contributed by atoms with Crippen molar-refractivity contribution in [2.45, 2.75) is 0 Å². The van der Waals surface area contributed by atoms with E-state index >= 15 is 0 Å². The summed E-state index contributed by atoms with van der Waals surface area (Å²) in [6, 6.07) is 5.65. The van der Waals surface area contributed by atoms with Gasteiger partial charge in [-0.1, -0.05) is 11.6 Å². The maximum absolute atomic E-state index is 13.4. The molecule has 1 aromatic heterocycles. The quantitative estimate of drug-likeness (QED) is 0.769. The molecular weight excluding hydrogens is 248 g/mol. The predicted molar refractivity (Wildman–Crippen MR) is 59.0 cm³/mol. The van der Waals surface area contributed by atoms with Crippen LogP contribution >= 0.6 is 11.6 Å². The van der Waals surface area contributed by atoms with Crippen molar-refractivity contribution in [1.82, 2.24) is 4.98 Å². The number of halogens is 3. The fourth-order valence-electron chi connectivity index (χ4n) is 1.35. The molecule has 0 fully saturated rings. The molecule has 86 valence electrons. The zero-order chi connectivity index (χ0) is 12.4. The molecule has 0 saturated carbocycles. The number of carbonyl (C=O) groups is 1. The smallest absolute Gasteiger partial charge is 0.215 e. The van der Waals surface area contributed by atoms with Gasteiger partial charge in [-0.2, -0.15) is 0 Å². The van der Waals surface area contributed by atoms with Crippen LogP contribution in [0, 0.1) is 11.6 Å². The van der Waals surface area contributed by atoms with Crippen LogP contribution in [0.15, 0.2) is 36.5 Å². The molecule has 5 heteroatoms. The van der Waals surface area contributed by atoms with Crippen LogP contribution in [0.4, 0.5) is 8.78 Å². The third kappa shape index (κ3) is 2.31. The van der Waals surface area contributed by atoms with Gasteiger partial charge in [0.05, 0.1) is 10.6 Å². The Hall–Kier alpha value is -1.81. The molecule has 1 heterocycles. The first-order chi connectivity index (χ1) is 8.09. The van der Waals surface area contributed by atoms with Crippen LogP contribution in [-0.2, 0) is 0 Å². The Morgan fingerprint density at radius 2 is 2.00 bits per heavy atom. The molecular formula is C12H6ClF2NO. The van der Waals surface area contributed by atoms with Crippen molar-refractivity contribution < 1.29 is 13.6 Å². The van der Waals surface area contributed by atoms with Crippen molar-refractivity contribution in [2.75, 3.05) is 0 Å². The lowest BCUT2D eigenvalue weighted by atomic mass is 10.1. The van der Waals surface area contributed by atoms with E-state index in [0.29, 0.717) is 0 Å². The highest BCUT2D eigenvalue weighted by Gasteiger charge is 2.18. The molecule has 0 N–H and O–H groups in total. The molecule has 0 atom stereocenters. The van der Waals surface area contributed by atoms with Gasteiger partial charge in [-0.3, -0.25) is 9.78 Å². The van der Waals surface area contributed by atoms with Crippen LogP contribution in [0.5, 0.6) is 0 Å². The lowest BCUT2D eigenvalue weighted by Gasteiger charge is -2.03. The van der Waals surface area contributed by atoms with E-state index in [1.54, 1.807) is 6.07 Å². The van der Waals surface area contributed by atoms with E-state index in [-0.39, 0.29) is 16.3 Å². The van der Waals surface area contributed by atoms with Gasteiger partial charge in [0.1, 0.15) is 17.3 Å². The van der Waals surface area contributed by atoms with E-state index in [9.17, 15) is 13.6 Å². The van der Waals surface area contributed by atoms with Gasteiger partial charge in [0.25, 0.3) is 0 Å². The van der Waals surface area contributed by atoms with Gasteiger partial charge in [0.2, 0.25) is 5.78 Å². The average Bonchev–Trinajstić information content (AvgIpc) is 2.32. The highest BCUT2D eigenvalue weighted by Crippen LogP contribution is 2.19. The van der Waals surface area contributed by atoms with Crippen molar-refractivity contribution >= 4 is 17.4 Å². The fraction of sp³-hybridized carbons (Fsp3) is 0. The zero-order valence-corrected chi connectivity index (χ0v) is 9.21. The summed E-state index contributed by atoms with van der Waals surface area (Å²) in [4.78, 5) is 15.6. The largest absolute Gasteiger partial charge is 0.287 e. The van der Waals surface area contributed by atoms with Crippen LogP contribution in [0.2, 0.25) is 5.02 Å². The molecule has 0 aliphatic carbocycles. The Kier molecular flexibility index (Phi) is 3.15. The van der Waals surface area contributed by atoms with Gasteiger partial charge in [-0.05, 0) is 30.3 Å². The summed E-state index contributed by atoms with van der Waals surface area (Å²) in [7, 11) is 0. The highest BCUT2D eigenvalue weighted by molar-refractivity contribution is 6.34. The maximum atomic E-state index is 13.4. The minimum atomic E-state index is -0.807. The lowest BCUT2D eigenvalue weighted by Crippen LogP contribution is -2.07. The summed E-state index contributed by atoms with van der Waals surface area (Å²) in [5, 5.41) is 0.0983. The first-order valence-corrected chi connectivity index (χ1v) is 5.07. The minimum absolute atomic E-state index is 0.0983. The van der Waals surface area contributed by atoms with Crippen LogP contribution in [-0.4, -0.2) is 10.8 Å². The van der Waals surface area contributed by atoms with E-state index in [2.05, 4.69) is 4.98 Å². The third-order valence-electron chi connectivity index (χ3n) is 2.15. The number of nitrogens with zero attached hydrogens (tertiary/aromatic N) is 1. The second kappa shape index (κ2) is 4.59. The van der Waals surface area contributed by atoms with Crippen LogP contribution < -0.4 is 0 Å². The Morgan fingerprint density at radius 3 is 2.71 bits per heavy atom. The van der Waals surface area contributed by atoms with E-state index in [0.717, 1.165) is 18.2 Å². The number of hydrogen-bond donors (Lipinski definition) is 0. The molecule has 0 saturated heterocycles. The van der Waals surface area contributed by atoms with Gasteiger partial charge < -0.3 is 0 Å². The molecule has 0 amide bonds. The SMILES string of the molecule is O=C(c1cc(F)ccc1F)c1ncccc1Cl. The van der Waals surface area contributed by atoms with Gasteiger partial charge in [-0.15, -0.1) is 0 Å². The van der Waals surface area contributed by atoms with E-state index in [1.807, 2.05) is 0 Å². The summed E-state index contributed by atoms with van der Waals surface area (Å²) in [5.74, 6) is -2.24. The molecule has 0 radical (unpaired) electrons. The summed E-state index contributed by atoms with van der Waals surface area (Å²) in [6.45, 7) is 0. The Labute approximate surface area is 101 Å². The number of pyridine rings is 1. The first-order valence-electron chi connectivity index (χ1n) is 4.70. The highest BCUT2D eigenvalue weighted by atomic mass is 35.5. The molecule has 2 aromatic rings. The topological polar surface area (TPSA) is 30.0 Å². The average molecular weight is 254 g/mol. The molecule has 2 nitrogen and oxygen atoms in total. The van der Waals surface area contributed by atoms with Crippen molar-refractivity contribution in [3.63, 3.8) is 0 Å². The van der Waals surface area contributed by atoms with Crippen molar-refractivity contribution in [3.8, 4) is 0 Å². The number of ketones is 1. The van der Waals surface area contributed by atoms with Crippen LogP contribution in [0.25, 0.3) is 0 Å². The third-order valence-corrected chi connectivity index (χ3v) is 2.45. The van der Waals surface area contributed by atoms with E-state index < -0.39 is 17.4 Å². The number of carbonyl (C=O) groups excluding carboxylic acids is 1. The van der Waals surface area contributed by atoms with E-state index in [1.165, 1.54) is 12.3 Å². The van der Waals surface area contributed by atoms with Crippen molar-refractivity contribution in [3.05, 3.63) is 64.4 Å². The summed E-state index contributed by atoms with van der Waals surface area (Å²) in [5.41, 5.74) is -0.482. The summed E-state index contributed by atoms with van der Waals surface area (Å²) < 4.78 is 26.3. The fourth-order valence-corrected chi connectivity index (χ4v) is 1.56. The van der Waals surface area contributed by atoms with Crippen LogP contribution in [0.3, 0.4) is 0 Å². The molecule has 2 rings (SSSR count). The standard InChI is InChI=1S/C12H6ClF2NO/c13-9-2-1-5-16-11(9)12(17)8-6-7(14)3-4-10(8)15/h1-6H. The molecule has 0 aliphatic rings. The Bertz CT molecular complexity index is 586. The van der Waals surface area contributed by atoms with Crippen molar-refractivity contribution in [2.24, 2.45) is 0 Å². The molecule has 17 heavy (non-hydrogen) atoms. The molecule has 1 aromatic carbocycles. The molecule has 0 unspecified atom stereocenters. The van der Waals surface area contributed by atoms with Crippen LogP contribution in [0.1, 0.15) is 16.1 Å². The number of rotatable bonds is 2. The monoisotopic (exact) mass is 253 g/mol. The second-order valence-electron chi connectivity index (χ2n) is 3.29. The van der Waals surface area contributed by atoms with Gasteiger partial charge in [0.15, 0.2) is 0 Å². The van der Waals surface area contributed by atoms with Gasteiger partial charge >= 0.3 is 0 Å². The summed E-state index contributed by atoms with van der Waals surface area (Å²) in [6.07, 6.45) is 1.36. The molecule has 0 bridgehead atoms. The molecule has 0 aliphatic heterocycles. The number of aromatic nitrogens is 1. The lowest BCUT2D eigenvalue weighted by molar-refractivity contribution is 0.103. The number of benzene rings is 1. The second-order valence-corrected chi connectivity index (χ2v) is 3.69. The minimum Gasteiger partial charge on any atom is -0.287 e. The van der Waals surface area contributed by atoms with Crippen molar-refractivity contribution in [1.29, 1.82) is 0 Å². The number of hydrogen-bond acceptors (Lipinski definition) is 2. The van der Waals surface area contributed by atoms with E-state index in [4.69, 9.17) is 11.6 Å². The summed E-state index contributed by atoms with van der Waals surface area (Å²) >= 11 is 5.76. The first kappa shape index (κ1) is 11.7. The Balaban J connectivity index is 2.51. The predicted octanol–water partition coefficient (Wildman–Crippen LogP) is 3.24. The van der Waals surface area contributed by atoms with Gasteiger partial charge in [-0.25, -0.2) is 8.78 Å².